The van der Waals surface area contributed by atoms with Crippen molar-refractivity contribution in [3.05, 3.63) is 60.2 Å². The lowest BCUT2D eigenvalue weighted by atomic mass is 10.1. The summed E-state index contributed by atoms with van der Waals surface area (Å²) in [5.41, 5.74) is 3.04. The lowest BCUT2D eigenvalue weighted by Crippen LogP contribution is -2.10. The van der Waals surface area contributed by atoms with Crippen LogP contribution in [-0.2, 0) is 0 Å². The number of nitrogens with one attached hydrogen (secondary N) is 1. The maximum absolute atomic E-state index is 9.30. The molecule has 0 heterocycles. The number of nitriles is 1. The van der Waals surface area contributed by atoms with Crippen molar-refractivity contribution < 1.29 is 0 Å². The number of nitrogens with zero attached hydrogens (tertiary/aromatic N) is 2. The second-order valence-electron chi connectivity index (χ2n) is 4.56. The summed E-state index contributed by atoms with van der Waals surface area (Å²) in [6.45, 7) is 0. The smallest absolute Gasteiger partial charge is 0.140 e. The van der Waals surface area contributed by atoms with Crippen LogP contribution in [0.15, 0.2) is 54.6 Å². The first kappa shape index (κ1) is 13.0. The summed E-state index contributed by atoms with van der Waals surface area (Å²) in [6.07, 6.45) is 0. The highest BCUT2D eigenvalue weighted by Gasteiger charge is 2.10. The minimum absolute atomic E-state index is 0.335. The van der Waals surface area contributed by atoms with E-state index in [1.54, 1.807) is 0 Å². The van der Waals surface area contributed by atoms with E-state index in [9.17, 15) is 5.26 Å². The van der Waals surface area contributed by atoms with E-state index in [-0.39, 0.29) is 6.04 Å². The van der Waals surface area contributed by atoms with E-state index in [1.165, 1.54) is 0 Å². The molecule has 2 rings (SSSR count). The van der Waals surface area contributed by atoms with Crippen LogP contribution < -0.4 is 10.2 Å². The van der Waals surface area contributed by atoms with E-state index in [2.05, 4.69) is 11.4 Å². The van der Waals surface area contributed by atoms with E-state index in [4.69, 9.17) is 0 Å². The quantitative estimate of drug-likeness (QED) is 0.904. The Kier molecular flexibility index (Phi) is 4.04. The third kappa shape index (κ3) is 3.26. The van der Waals surface area contributed by atoms with Crippen LogP contribution in [0.5, 0.6) is 0 Å². The summed E-state index contributed by atoms with van der Waals surface area (Å²) in [5.74, 6) is 0. The highest BCUT2D eigenvalue weighted by atomic mass is 15.1. The van der Waals surface area contributed by atoms with Crippen molar-refractivity contribution in [2.75, 3.05) is 24.3 Å². The third-order valence-electron chi connectivity index (χ3n) is 2.96. The van der Waals surface area contributed by atoms with Gasteiger partial charge in [-0.05, 0) is 29.8 Å². The zero-order valence-electron chi connectivity index (χ0n) is 11.2. The minimum atomic E-state index is -0.335. The first-order valence-electron chi connectivity index (χ1n) is 6.19. The Morgan fingerprint density at radius 3 is 2.16 bits per heavy atom. The topological polar surface area (TPSA) is 39.1 Å². The normalized spacial score (nSPS) is 11.4. The van der Waals surface area contributed by atoms with Crippen molar-refractivity contribution >= 4 is 11.4 Å². The second-order valence-corrected chi connectivity index (χ2v) is 4.56. The van der Waals surface area contributed by atoms with E-state index in [1.807, 2.05) is 73.6 Å². The van der Waals surface area contributed by atoms with E-state index < -0.39 is 0 Å². The van der Waals surface area contributed by atoms with Gasteiger partial charge in [0.2, 0.25) is 0 Å². The van der Waals surface area contributed by atoms with Gasteiger partial charge in [0.15, 0.2) is 0 Å². The van der Waals surface area contributed by atoms with Gasteiger partial charge in [-0.3, -0.25) is 0 Å². The molecule has 2 aromatic rings. The van der Waals surface area contributed by atoms with Crippen molar-refractivity contribution in [1.29, 1.82) is 5.26 Å². The first-order valence-corrected chi connectivity index (χ1v) is 6.19. The lowest BCUT2D eigenvalue weighted by molar-refractivity contribution is 0.995. The highest BCUT2D eigenvalue weighted by Crippen LogP contribution is 2.21. The van der Waals surface area contributed by atoms with E-state index in [0.29, 0.717) is 0 Å². The van der Waals surface area contributed by atoms with Crippen molar-refractivity contribution in [2.24, 2.45) is 0 Å². The number of benzene rings is 2. The van der Waals surface area contributed by atoms with Gasteiger partial charge in [-0.2, -0.15) is 5.26 Å². The highest BCUT2D eigenvalue weighted by molar-refractivity contribution is 5.51. The molecule has 0 spiro atoms. The Balaban J connectivity index is 2.16. The van der Waals surface area contributed by atoms with Crippen LogP contribution in [-0.4, -0.2) is 14.1 Å². The third-order valence-corrected chi connectivity index (χ3v) is 2.96. The molecule has 0 saturated carbocycles. The monoisotopic (exact) mass is 251 g/mol. The van der Waals surface area contributed by atoms with Gasteiger partial charge in [-0.25, -0.2) is 0 Å². The molecule has 3 heteroatoms. The maximum atomic E-state index is 9.30. The molecule has 0 aromatic heterocycles. The summed E-state index contributed by atoms with van der Waals surface area (Å²) in [5, 5.41) is 12.5. The van der Waals surface area contributed by atoms with Gasteiger partial charge in [-0.15, -0.1) is 0 Å². The van der Waals surface area contributed by atoms with E-state index in [0.717, 1.165) is 16.9 Å². The van der Waals surface area contributed by atoms with Crippen LogP contribution in [0.4, 0.5) is 11.4 Å². The molecule has 0 aliphatic rings. The van der Waals surface area contributed by atoms with Crippen molar-refractivity contribution in [3.63, 3.8) is 0 Å². The molecule has 0 fully saturated rings. The molecule has 0 aliphatic carbocycles. The van der Waals surface area contributed by atoms with Gasteiger partial charge in [0.25, 0.3) is 0 Å². The average molecular weight is 251 g/mol. The summed E-state index contributed by atoms with van der Waals surface area (Å²) in [4.78, 5) is 2.04. The number of hydrogen-bond acceptors (Lipinski definition) is 3. The maximum Gasteiger partial charge on any atom is 0.140 e. The fourth-order valence-electron chi connectivity index (χ4n) is 1.86. The Morgan fingerprint density at radius 1 is 1.00 bits per heavy atom. The molecule has 96 valence electrons. The molecule has 0 radical (unpaired) electrons. The molecule has 1 atom stereocenters. The van der Waals surface area contributed by atoms with Crippen LogP contribution in [0.2, 0.25) is 0 Å². The predicted molar refractivity (Wildman–Crippen MR) is 79.2 cm³/mol. The summed E-state index contributed by atoms with van der Waals surface area (Å²) >= 11 is 0. The van der Waals surface area contributed by atoms with Gasteiger partial charge in [0.1, 0.15) is 6.04 Å². The zero-order chi connectivity index (χ0) is 13.7. The van der Waals surface area contributed by atoms with Gasteiger partial charge in [0.05, 0.1) is 6.07 Å². The molecule has 3 nitrogen and oxygen atoms in total. The largest absolute Gasteiger partial charge is 0.378 e. The van der Waals surface area contributed by atoms with Crippen molar-refractivity contribution in [2.45, 2.75) is 6.04 Å². The molecule has 0 saturated heterocycles. The molecule has 0 bridgehead atoms. The standard InChI is InChI=1S/C16H17N3/c1-19(2)15-10-8-13(9-11-15)16(12-17)18-14-6-4-3-5-7-14/h3-11,16,18H,1-2H3. The van der Waals surface area contributed by atoms with Gasteiger partial charge in [0, 0.05) is 25.5 Å². The summed E-state index contributed by atoms with van der Waals surface area (Å²) in [7, 11) is 4.00. The van der Waals surface area contributed by atoms with Crippen LogP contribution in [0.3, 0.4) is 0 Å². The molecule has 0 amide bonds. The number of anilines is 2. The Morgan fingerprint density at radius 2 is 1.63 bits per heavy atom. The predicted octanol–water partition coefficient (Wildman–Crippen LogP) is 3.43. The first-order chi connectivity index (χ1) is 9.20. The zero-order valence-corrected chi connectivity index (χ0v) is 11.2. The molecule has 1 N–H and O–H groups in total. The minimum Gasteiger partial charge on any atom is -0.378 e. The average Bonchev–Trinajstić information content (AvgIpc) is 2.46. The fourth-order valence-corrected chi connectivity index (χ4v) is 1.86. The number of hydrogen-bond donors (Lipinski definition) is 1. The van der Waals surface area contributed by atoms with Crippen LogP contribution in [0, 0.1) is 11.3 Å². The molecule has 19 heavy (non-hydrogen) atoms. The second kappa shape index (κ2) is 5.92. The molecular weight excluding hydrogens is 234 g/mol. The summed E-state index contributed by atoms with van der Waals surface area (Å²) < 4.78 is 0. The molecule has 0 aliphatic heterocycles. The van der Waals surface area contributed by atoms with Crippen molar-refractivity contribution in [1.82, 2.24) is 0 Å². The van der Waals surface area contributed by atoms with Gasteiger partial charge >= 0.3 is 0 Å². The molecular formula is C16H17N3. The van der Waals surface area contributed by atoms with Crippen LogP contribution in [0.1, 0.15) is 11.6 Å². The number of rotatable bonds is 4. The lowest BCUT2D eigenvalue weighted by Gasteiger charge is -2.16. The molecule has 1 unspecified atom stereocenters. The SMILES string of the molecule is CN(C)c1ccc(C(C#N)Nc2ccccc2)cc1. The molecule has 2 aromatic carbocycles. The van der Waals surface area contributed by atoms with E-state index >= 15 is 0 Å². The fraction of sp³-hybridized carbons (Fsp3) is 0.188. The van der Waals surface area contributed by atoms with Crippen LogP contribution in [0.25, 0.3) is 0 Å². The Hall–Kier alpha value is -2.47. The van der Waals surface area contributed by atoms with Crippen LogP contribution >= 0.6 is 0 Å². The number of para-hydroxylation sites is 1. The van der Waals surface area contributed by atoms with Crippen molar-refractivity contribution in [3.8, 4) is 6.07 Å². The van der Waals surface area contributed by atoms with Gasteiger partial charge < -0.3 is 10.2 Å². The Bertz CT molecular complexity index is 553. The summed E-state index contributed by atoms with van der Waals surface area (Å²) in [6, 6.07) is 19.7. The van der Waals surface area contributed by atoms with Gasteiger partial charge in [-0.1, -0.05) is 30.3 Å². The Labute approximate surface area is 114 Å².